The zero-order chi connectivity index (χ0) is 26.1. The zero-order valence-corrected chi connectivity index (χ0v) is 21.4. The fourth-order valence-corrected chi connectivity index (χ4v) is 4.76. The van der Waals surface area contributed by atoms with Crippen LogP contribution in [0.1, 0.15) is 28.8 Å². The summed E-state index contributed by atoms with van der Waals surface area (Å²) in [4.78, 5) is 33.9. The third-order valence-corrected chi connectivity index (χ3v) is 6.88. The lowest BCUT2D eigenvalue weighted by Gasteiger charge is -2.18. The molecule has 2 heterocycles. The smallest absolute Gasteiger partial charge is 0.293 e. The van der Waals surface area contributed by atoms with Gasteiger partial charge in [0, 0.05) is 41.0 Å². The van der Waals surface area contributed by atoms with Gasteiger partial charge in [0.1, 0.15) is 11.5 Å². The molecular formula is C26H23ClN6O3S. The summed E-state index contributed by atoms with van der Waals surface area (Å²) in [7, 11) is 0. The monoisotopic (exact) mass is 534 g/mol. The predicted octanol–water partition coefficient (Wildman–Crippen LogP) is 5.83. The summed E-state index contributed by atoms with van der Waals surface area (Å²) in [5, 5.41) is 18.0. The molecule has 37 heavy (non-hydrogen) atoms. The highest BCUT2D eigenvalue weighted by Gasteiger charge is 2.24. The Labute approximate surface area is 223 Å². The minimum atomic E-state index is -0.533. The number of hydrogen-bond donors (Lipinski definition) is 3. The van der Waals surface area contributed by atoms with E-state index in [9.17, 15) is 14.9 Å². The molecule has 188 valence electrons. The van der Waals surface area contributed by atoms with Gasteiger partial charge in [0.05, 0.1) is 16.0 Å². The van der Waals surface area contributed by atoms with Gasteiger partial charge in [-0.2, -0.15) is 0 Å². The Morgan fingerprint density at radius 2 is 1.95 bits per heavy atom. The number of nitro benzene ring substituents is 1. The van der Waals surface area contributed by atoms with E-state index >= 15 is 0 Å². The maximum absolute atomic E-state index is 12.8. The molecule has 3 N–H and O–H groups in total. The Kier molecular flexibility index (Phi) is 6.77. The molecule has 0 atom stereocenters. The summed E-state index contributed by atoms with van der Waals surface area (Å²) < 4.78 is 0. The topological polar surface area (TPSA) is 116 Å². The molecule has 9 nitrogen and oxygen atoms in total. The molecule has 5 rings (SSSR count). The number of thiocarbonyl (C=S) groups is 1. The lowest BCUT2D eigenvalue weighted by Crippen LogP contribution is -2.34. The molecule has 1 amide bonds. The average Bonchev–Trinajstić information content (AvgIpc) is 3.54. The lowest BCUT2D eigenvalue weighted by molar-refractivity contribution is -0.384. The molecule has 1 aliphatic rings. The first kappa shape index (κ1) is 24.7. The van der Waals surface area contributed by atoms with Crippen LogP contribution in [0.25, 0.3) is 22.4 Å². The van der Waals surface area contributed by atoms with Crippen LogP contribution in [0.3, 0.4) is 0 Å². The summed E-state index contributed by atoms with van der Waals surface area (Å²) in [5.41, 5.74) is 4.65. The summed E-state index contributed by atoms with van der Waals surface area (Å²) >= 11 is 11.6. The van der Waals surface area contributed by atoms with E-state index in [4.69, 9.17) is 23.8 Å². The van der Waals surface area contributed by atoms with Crippen molar-refractivity contribution < 1.29 is 9.72 Å². The molecule has 1 fully saturated rings. The molecule has 1 aromatic heterocycles. The largest absolute Gasteiger partial charge is 0.366 e. The number of hydrogen-bond acceptors (Lipinski definition) is 6. The molecule has 0 spiro atoms. The third kappa shape index (κ3) is 5.25. The highest BCUT2D eigenvalue weighted by molar-refractivity contribution is 7.80. The van der Waals surface area contributed by atoms with Crippen molar-refractivity contribution >= 4 is 62.9 Å². The number of rotatable bonds is 5. The average molecular weight is 535 g/mol. The van der Waals surface area contributed by atoms with Gasteiger partial charge in [-0.3, -0.25) is 20.2 Å². The second kappa shape index (κ2) is 10.2. The van der Waals surface area contributed by atoms with Crippen molar-refractivity contribution in [2.45, 2.75) is 19.8 Å². The van der Waals surface area contributed by atoms with E-state index < -0.39 is 10.8 Å². The number of carbonyl (C=O) groups excluding carboxylic acids is 1. The molecule has 0 saturated carbocycles. The first-order chi connectivity index (χ1) is 17.8. The Bertz CT molecular complexity index is 1510. The summed E-state index contributed by atoms with van der Waals surface area (Å²) in [6, 6.07) is 15.7. The predicted molar refractivity (Wildman–Crippen MR) is 150 cm³/mol. The molecule has 0 radical (unpaired) electrons. The number of halogens is 1. The molecule has 3 aromatic carbocycles. The Hall–Kier alpha value is -4.02. The van der Waals surface area contributed by atoms with Crippen molar-refractivity contribution in [2.75, 3.05) is 23.3 Å². The van der Waals surface area contributed by atoms with Crippen molar-refractivity contribution in [3.05, 3.63) is 80.9 Å². The van der Waals surface area contributed by atoms with Gasteiger partial charge in [0.25, 0.3) is 11.6 Å². The number of H-pyrrole nitrogens is 1. The van der Waals surface area contributed by atoms with Crippen LogP contribution in [0.2, 0.25) is 5.02 Å². The van der Waals surface area contributed by atoms with Crippen LogP contribution in [0, 0.1) is 17.0 Å². The van der Waals surface area contributed by atoms with E-state index in [1.165, 1.54) is 6.07 Å². The molecule has 1 aliphatic heterocycles. The van der Waals surface area contributed by atoms with Crippen LogP contribution in [0.4, 0.5) is 17.1 Å². The zero-order valence-electron chi connectivity index (χ0n) is 19.9. The van der Waals surface area contributed by atoms with Gasteiger partial charge in [0.2, 0.25) is 0 Å². The van der Waals surface area contributed by atoms with Gasteiger partial charge in [-0.05, 0) is 73.9 Å². The van der Waals surface area contributed by atoms with Crippen LogP contribution >= 0.6 is 23.8 Å². The second-order valence-electron chi connectivity index (χ2n) is 8.85. The van der Waals surface area contributed by atoms with Crippen LogP contribution in [0.15, 0.2) is 54.6 Å². The molecule has 4 aromatic rings. The Morgan fingerprint density at radius 3 is 2.70 bits per heavy atom. The van der Waals surface area contributed by atoms with Crippen LogP contribution < -0.4 is 15.5 Å². The number of nitrogens with one attached hydrogen (secondary N) is 3. The molecular weight excluding hydrogens is 512 g/mol. The Morgan fingerprint density at radius 1 is 1.16 bits per heavy atom. The van der Waals surface area contributed by atoms with Crippen molar-refractivity contribution in [2.24, 2.45) is 0 Å². The minimum Gasteiger partial charge on any atom is -0.366 e. The van der Waals surface area contributed by atoms with Gasteiger partial charge in [-0.15, -0.1) is 0 Å². The van der Waals surface area contributed by atoms with Gasteiger partial charge >= 0.3 is 0 Å². The molecule has 1 saturated heterocycles. The second-order valence-corrected chi connectivity index (χ2v) is 9.66. The van der Waals surface area contributed by atoms with E-state index in [0.717, 1.165) is 48.1 Å². The van der Waals surface area contributed by atoms with Gasteiger partial charge in [-0.25, -0.2) is 4.98 Å². The third-order valence-electron chi connectivity index (χ3n) is 6.26. The van der Waals surface area contributed by atoms with E-state index in [0.29, 0.717) is 22.2 Å². The number of amides is 1. The van der Waals surface area contributed by atoms with Crippen molar-refractivity contribution in [1.29, 1.82) is 0 Å². The van der Waals surface area contributed by atoms with Gasteiger partial charge < -0.3 is 15.2 Å². The lowest BCUT2D eigenvalue weighted by atomic mass is 10.1. The molecule has 0 unspecified atom stereocenters. The van der Waals surface area contributed by atoms with E-state index in [1.807, 2.05) is 42.2 Å². The quantitative estimate of drug-likeness (QED) is 0.168. The first-order valence-corrected chi connectivity index (χ1v) is 12.5. The standard InChI is InChI=1S/C26H23ClN6O3S/c1-15-11-20-21(14-19(15)27)30-24(29-20)16-5-4-6-18(12-16)28-26(37)31-25(34)17-7-8-22(23(13-17)33(35)36)32-9-2-3-10-32/h4-8,11-14H,2-3,9-10H2,1H3,(H,29,30)(H2,28,31,34,37). The van der Waals surface area contributed by atoms with Crippen molar-refractivity contribution in [3.8, 4) is 11.4 Å². The maximum Gasteiger partial charge on any atom is 0.293 e. The number of nitrogens with zero attached hydrogens (tertiary/aromatic N) is 3. The number of aromatic amines is 1. The van der Waals surface area contributed by atoms with E-state index in [2.05, 4.69) is 20.6 Å². The van der Waals surface area contributed by atoms with Gasteiger partial charge in [-0.1, -0.05) is 23.7 Å². The number of fused-ring (bicyclic) bond motifs is 1. The number of carbonyl (C=O) groups is 1. The van der Waals surface area contributed by atoms with E-state index in [-0.39, 0.29) is 16.4 Å². The summed E-state index contributed by atoms with van der Waals surface area (Å²) in [6.07, 6.45) is 1.98. The summed E-state index contributed by atoms with van der Waals surface area (Å²) in [6.45, 7) is 3.46. The molecule has 11 heteroatoms. The number of aryl methyl sites for hydroxylation is 1. The maximum atomic E-state index is 12.8. The summed E-state index contributed by atoms with van der Waals surface area (Å²) in [5.74, 6) is 0.134. The first-order valence-electron chi connectivity index (χ1n) is 11.7. The Balaban J connectivity index is 1.29. The van der Waals surface area contributed by atoms with Crippen LogP contribution in [-0.2, 0) is 0 Å². The van der Waals surface area contributed by atoms with Crippen molar-refractivity contribution in [1.82, 2.24) is 15.3 Å². The fourth-order valence-electron chi connectivity index (χ4n) is 4.39. The fraction of sp³-hybridized carbons (Fsp3) is 0.192. The highest BCUT2D eigenvalue weighted by atomic mass is 35.5. The van der Waals surface area contributed by atoms with Gasteiger partial charge in [0.15, 0.2) is 5.11 Å². The number of aromatic nitrogens is 2. The van der Waals surface area contributed by atoms with Crippen LogP contribution in [-0.4, -0.2) is 39.0 Å². The number of benzene rings is 3. The normalized spacial score (nSPS) is 13.1. The van der Waals surface area contributed by atoms with E-state index in [1.54, 1.807) is 18.2 Å². The van der Waals surface area contributed by atoms with Crippen molar-refractivity contribution in [3.63, 3.8) is 0 Å². The number of nitro groups is 1. The molecule has 0 aliphatic carbocycles. The number of imidazole rings is 1. The van der Waals surface area contributed by atoms with Crippen LogP contribution in [0.5, 0.6) is 0 Å². The minimum absolute atomic E-state index is 0.0698. The highest BCUT2D eigenvalue weighted by Crippen LogP contribution is 2.32. The number of anilines is 2. The molecule has 0 bridgehead atoms. The SMILES string of the molecule is Cc1cc2[nH]c(-c3cccc(NC(=S)NC(=O)c4ccc(N5CCCC5)c([N+](=O)[O-])c4)c3)nc2cc1Cl.